The molecule has 0 bridgehead atoms. The second-order valence-corrected chi connectivity index (χ2v) is 5.35. The molecule has 0 atom stereocenters. The lowest BCUT2D eigenvalue weighted by Crippen LogP contribution is -2.13. The van der Waals surface area contributed by atoms with Gasteiger partial charge in [-0.1, -0.05) is 35.4 Å². The van der Waals surface area contributed by atoms with Gasteiger partial charge in [-0.05, 0) is 37.6 Å². The van der Waals surface area contributed by atoms with Crippen molar-refractivity contribution in [3.8, 4) is 5.75 Å². The number of aryl methyl sites for hydroxylation is 2. The van der Waals surface area contributed by atoms with Gasteiger partial charge in [0.2, 0.25) is 0 Å². The predicted molar refractivity (Wildman–Crippen MR) is 87.7 cm³/mol. The van der Waals surface area contributed by atoms with Gasteiger partial charge in [-0.3, -0.25) is 5.32 Å². The van der Waals surface area contributed by atoms with E-state index in [9.17, 15) is 4.79 Å². The minimum Gasteiger partial charge on any atom is -0.488 e. The lowest BCUT2D eigenvalue weighted by molar-refractivity contribution is 0.187. The molecule has 0 fully saturated rings. The highest BCUT2D eigenvalue weighted by Gasteiger charge is 2.11. The van der Waals surface area contributed by atoms with Crippen LogP contribution in [0.3, 0.4) is 0 Å². The van der Waals surface area contributed by atoms with E-state index < -0.39 is 6.09 Å². The number of hydrogen-bond donors (Lipinski definition) is 1. The number of hydrogen-bond acceptors (Lipinski definition) is 3. The van der Waals surface area contributed by atoms with E-state index in [4.69, 9.17) is 16.3 Å². The third-order valence-electron chi connectivity index (χ3n) is 3.24. The van der Waals surface area contributed by atoms with E-state index in [-0.39, 0.29) is 6.61 Å². The van der Waals surface area contributed by atoms with Crippen LogP contribution in [0.15, 0.2) is 36.4 Å². The summed E-state index contributed by atoms with van der Waals surface area (Å²) in [6.45, 7) is 4.27. The minimum absolute atomic E-state index is 0.253. The highest BCUT2D eigenvalue weighted by molar-refractivity contribution is 6.31. The molecule has 0 heterocycles. The number of carbonyl (C=O) groups excluding carboxylic acids is 1. The van der Waals surface area contributed by atoms with E-state index in [2.05, 4.69) is 16.1 Å². The van der Waals surface area contributed by atoms with Crippen LogP contribution in [0.2, 0.25) is 5.02 Å². The lowest BCUT2D eigenvalue weighted by atomic mass is 10.1. The van der Waals surface area contributed by atoms with Crippen LogP contribution in [0.5, 0.6) is 5.75 Å². The molecule has 2 aromatic rings. The first-order valence-electron chi connectivity index (χ1n) is 6.83. The molecule has 116 valence electrons. The van der Waals surface area contributed by atoms with Crippen LogP contribution < -0.4 is 10.1 Å². The largest absolute Gasteiger partial charge is 0.488 e. The van der Waals surface area contributed by atoms with Gasteiger partial charge in [0.15, 0.2) is 0 Å². The van der Waals surface area contributed by atoms with Gasteiger partial charge in [0, 0.05) is 10.6 Å². The van der Waals surface area contributed by atoms with Gasteiger partial charge in [-0.15, -0.1) is 0 Å². The van der Waals surface area contributed by atoms with Crippen molar-refractivity contribution in [2.45, 2.75) is 20.5 Å². The number of nitrogens with one attached hydrogen (secondary N) is 1. The number of methoxy groups -OCH3 is 1. The quantitative estimate of drug-likeness (QED) is 0.887. The molecule has 0 spiro atoms. The zero-order valence-corrected chi connectivity index (χ0v) is 13.5. The Bertz CT molecular complexity index is 686. The molecular formula is C17H18ClNO3. The summed E-state index contributed by atoms with van der Waals surface area (Å²) in [6.07, 6.45) is -0.546. The maximum atomic E-state index is 11.4. The van der Waals surface area contributed by atoms with Gasteiger partial charge in [-0.25, -0.2) is 4.79 Å². The number of anilines is 1. The molecule has 1 amide bonds. The summed E-state index contributed by atoms with van der Waals surface area (Å²) in [4.78, 5) is 11.4. The van der Waals surface area contributed by atoms with Gasteiger partial charge in [0.1, 0.15) is 12.4 Å². The second-order valence-electron chi connectivity index (χ2n) is 4.94. The standard InChI is InChI=1S/C17H18ClNO3/c1-11-7-8-16(12(2)9-11)22-10-13-14(18)5-4-6-15(13)19-17(20)21-3/h4-9H,10H2,1-3H3,(H,19,20). The summed E-state index contributed by atoms with van der Waals surface area (Å²) in [5.41, 5.74) is 3.50. The molecule has 0 saturated carbocycles. The van der Waals surface area contributed by atoms with Gasteiger partial charge in [0.05, 0.1) is 12.8 Å². The summed E-state index contributed by atoms with van der Waals surface area (Å²) in [5.74, 6) is 0.787. The van der Waals surface area contributed by atoms with Crippen molar-refractivity contribution in [3.05, 3.63) is 58.1 Å². The van der Waals surface area contributed by atoms with Gasteiger partial charge in [-0.2, -0.15) is 0 Å². The summed E-state index contributed by atoms with van der Waals surface area (Å²) in [6, 6.07) is 11.2. The summed E-state index contributed by atoms with van der Waals surface area (Å²) < 4.78 is 10.4. The molecule has 0 aliphatic heterocycles. The molecule has 0 saturated heterocycles. The zero-order valence-electron chi connectivity index (χ0n) is 12.8. The van der Waals surface area contributed by atoms with Crippen LogP contribution in [-0.4, -0.2) is 13.2 Å². The maximum Gasteiger partial charge on any atom is 0.411 e. The lowest BCUT2D eigenvalue weighted by Gasteiger charge is -2.14. The van der Waals surface area contributed by atoms with Crippen LogP contribution in [0, 0.1) is 13.8 Å². The second kappa shape index (κ2) is 7.18. The van der Waals surface area contributed by atoms with Gasteiger partial charge in [0.25, 0.3) is 0 Å². The molecule has 4 nitrogen and oxygen atoms in total. The van der Waals surface area contributed by atoms with E-state index >= 15 is 0 Å². The number of amides is 1. The average molecular weight is 320 g/mol. The first-order chi connectivity index (χ1) is 10.5. The molecule has 0 aliphatic carbocycles. The van der Waals surface area contributed by atoms with Crippen molar-refractivity contribution in [1.82, 2.24) is 0 Å². The fourth-order valence-electron chi connectivity index (χ4n) is 2.09. The van der Waals surface area contributed by atoms with E-state index in [1.165, 1.54) is 12.7 Å². The van der Waals surface area contributed by atoms with Crippen LogP contribution in [0.4, 0.5) is 10.5 Å². The number of ether oxygens (including phenoxy) is 2. The molecule has 2 rings (SSSR count). The molecule has 1 N–H and O–H groups in total. The van der Waals surface area contributed by atoms with Crippen molar-refractivity contribution in [1.29, 1.82) is 0 Å². The third kappa shape index (κ3) is 3.92. The zero-order chi connectivity index (χ0) is 16.1. The highest BCUT2D eigenvalue weighted by Crippen LogP contribution is 2.27. The Balaban J connectivity index is 2.19. The molecule has 0 radical (unpaired) electrons. The van der Waals surface area contributed by atoms with Crippen LogP contribution in [-0.2, 0) is 11.3 Å². The Morgan fingerprint density at radius 1 is 1.23 bits per heavy atom. The Hall–Kier alpha value is -2.20. The van der Waals surface area contributed by atoms with Crippen LogP contribution in [0.25, 0.3) is 0 Å². The molecule has 2 aromatic carbocycles. The van der Waals surface area contributed by atoms with E-state index in [1.807, 2.05) is 26.0 Å². The summed E-state index contributed by atoms with van der Waals surface area (Å²) in [7, 11) is 1.31. The SMILES string of the molecule is COC(=O)Nc1cccc(Cl)c1COc1ccc(C)cc1C. The molecule has 22 heavy (non-hydrogen) atoms. The van der Waals surface area contributed by atoms with Gasteiger partial charge < -0.3 is 9.47 Å². The van der Waals surface area contributed by atoms with Crippen molar-refractivity contribution in [3.63, 3.8) is 0 Å². The first-order valence-corrected chi connectivity index (χ1v) is 7.21. The van der Waals surface area contributed by atoms with Crippen LogP contribution >= 0.6 is 11.6 Å². The van der Waals surface area contributed by atoms with Crippen molar-refractivity contribution in [2.24, 2.45) is 0 Å². The summed E-state index contributed by atoms with van der Waals surface area (Å²) in [5, 5.41) is 3.16. The number of benzene rings is 2. The summed E-state index contributed by atoms with van der Waals surface area (Å²) >= 11 is 6.22. The monoisotopic (exact) mass is 319 g/mol. The first kappa shape index (κ1) is 16.2. The van der Waals surface area contributed by atoms with E-state index in [0.29, 0.717) is 16.3 Å². The maximum absolute atomic E-state index is 11.4. The smallest absolute Gasteiger partial charge is 0.411 e. The molecular weight excluding hydrogens is 302 g/mol. The predicted octanol–water partition coefficient (Wildman–Crippen LogP) is 4.71. The minimum atomic E-state index is -0.546. The molecule has 5 heteroatoms. The Morgan fingerprint density at radius 2 is 2.00 bits per heavy atom. The Labute approximate surface area is 135 Å². The van der Waals surface area contributed by atoms with Gasteiger partial charge >= 0.3 is 6.09 Å². The molecule has 0 unspecified atom stereocenters. The number of halogens is 1. The van der Waals surface area contributed by atoms with Crippen molar-refractivity contribution < 1.29 is 14.3 Å². The normalized spacial score (nSPS) is 10.2. The number of carbonyl (C=O) groups is 1. The highest BCUT2D eigenvalue weighted by atomic mass is 35.5. The Kier molecular flexibility index (Phi) is 5.28. The topological polar surface area (TPSA) is 47.6 Å². The fourth-order valence-corrected chi connectivity index (χ4v) is 2.32. The number of rotatable bonds is 4. The average Bonchev–Trinajstić information content (AvgIpc) is 2.48. The fraction of sp³-hybridized carbons (Fsp3) is 0.235. The Morgan fingerprint density at radius 3 is 2.68 bits per heavy atom. The van der Waals surface area contributed by atoms with Crippen molar-refractivity contribution >= 4 is 23.4 Å². The van der Waals surface area contributed by atoms with Crippen molar-refractivity contribution in [2.75, 3.05) is 12.4 Å². The van der Waals surface area contributed by atoms with Crippen LogP contribution in [0.1, 0.15) is 16.7 Å². The third-order valence-corrected chi connectivity index (χ3v) is 3.60. The van der Waals surface area contributed by atoms with E-state index in [1.54, 1.807) is 18.2 Å². The molecule has 0 aliphatic rings. The van der Waals surface area contributed by atoms with E-state index in [0.717, 1.165) is 11.3 Å². The molecule has 0 aromatic heterocycles.